The molecule has 1 aliphatic carbocycles. The summed E-state index contributed by atoms with van der Waals surface area (Å²) in [6.07, 6.45) is 5.11. The highest BCUT2D eigenvalue weighted by Gasteiger charge is 2.17. The van der Waals surface area contributed by atoms with Crippen molar-refractivity contribution in [1.82, 2.24) is 0 Å². The number of aromatic carboxylic acids is 1. The van der Waals surface area contributed by atoms with Gasteiger partial charge < -0.3 is 5.11 Å². The van der Waals surface area contributed by atoms with Crippen LogP contribution < -0.4 is 0 Å². The number of carboxylic acids is 1. The molecule has 0 aromatic heterocycles. The number of hydrogen-bond donors (Lipinski definition) is 1. The lowest BCUT2D eigenvalue weighted by Crippen LogP contribution is -1.98. The van der Waals surface area contributed by atoms with Gasteiger partial charge in [0.25, 0.3) is 0 Å². The highest BCUT2D eigenvalue weighted by Crippen LogP contribution is 2.36. The molecule has 0 aliphatic heterocycles. The van der Waals surface area contributed by atoms with E-state index in [1.165, 1.54) is 25.7 Å². The van der Waals surface area contributed by atoms with Crippen LogP contribution in [0, 0.1) is 0 Å². The van der Waals surface area contributed by atoms with Crippen molar-refractivity contribution >= 4 is 29.3 Å². The van der Waals surface area contributed by atoms with Gasteiger partial charge in [0, 0.05) is 10.1 Å². The fourth-order valence-corrected chi connectivity index (χ4v) is 3.55. The normalized spacial score (nSPS) is 16.6. The van der Waals surface area contributed by atoms with Crippen LogP contribution in [-0.2, 0) is 0 Å². The second-order valence-corrected chi connectivity index (χ2v) is 5.75. The number of benzene rings is 1. The highest BCUT2D eigenvalue weighted by atomic mass is 35.5. The van der Waals surface area contributed by atoms with Gasteiger partial charge in [-0.25, -0.2) is 4.79 Å². The molecule has 16 heavy (non-hydrogen) atoms. The van der Waals surface area contributed by atoms with E-state index in [0.29, 0.717) is 10.3 Å². The van der Waals surface area contributed by atoms with Gasteiger partial charge in [-0.15, -0.1) is 11.8 Å². The van der Waals surface area contributed by atoms with Crippen molar-refractivity contribution in [2.75, 3.05) is 0 Å². The topological polar surface area (TPSA) is 37.3 Å². The van der Waals surface area contributed by atoms with E-state index in [9.17, 15) is 4.79 Å². The van der Waals surface area contributed by atoms with E-state index in [0.717, 1.165) is 4.90 Å². The van der Waals surface area contributed by atoms with Gasteiger partial charge in [0.2, 0.25) is 0 Å². The first-order chi connectivity index (χ1) is 7.66. The predicted octanol–water partition coefficient (Wildman–Crippen LogP) is 4.07. The van der Waals surface area contributed by atoms with Gasteiger partial charge in [-0.3, -0.25) is 0 Å². The molecule has 86 valence electrons. The molecular weight excluding hydrogens is 244 g/mol. The summed E-state index contributed by atoms with van der Waals surface area (Å²) in [7, 11) is 0. The maximum absolute atomic E-state index is 10.8. The van der Waals surface area contributed by atoms with E-state index in [2.05, 4.69) is 0 Å². The Morgan fingerprint density at radius 2 is 2.06 bits per heavy atom. The SMILES string of the molecule is O=C(O)c1ccc(SC2CCCC2)cc1Cl. The Hall–Kier alpha value is -0.670. The number of thioether (sulfide) groups is 1. The van der Waals surface area contributed by atoms with E-state index in [-0.39, 0.29) is 5.56 Å². The van der Waals surface area contributed by atoms with Gasteiger partial charge in [-0.1, -0.05) is 24.4 Å². The van der Waals surface area contributed by atoms with Gasteiger partial charge in [-0.2, -0.15) is 0 Å². The first-order valence-electron chi connectivity index (χ1n) is 5.36. The molecule has 0 amide bonds. The van der Waals surface area contributed by atoms with Crippen molar-refractivity contribution in [3.63, 3.8) is 0 Å². The van der Waals surface area contributed by atoms with Crippen LogP contribution in [0.4, 0.5) is 0 Å². The minimum absolute atomic E-state index is 0.178. The van der Waals surface area contributed by atoms with Crippen molar-refractivity contribution in [3.8, 4) is 0 Å². The maximum atomic E-state index is 10.8. The van der Waals surface area contributed by atoms with Crippen LogP contribution >= 0.6 is 23.4 Å². The zero-order valence-electron chi connectivity index (χ0n) is 8.78. The molecule has 1 saturated carbocycles. The molecule has 0 spiro atoms. The Bertz CT molecular complexity index is 400. The first-order valence-corrected chi connectivity index (χ1v) is 6.62. The minimum Gasteiger partial charge on any atom is -0.478 e. The Balaban J connectivity index is 2.11. The van der Waals surface area contributed by atoms with Gasteiger partial charge in [0.05, 0.1) is 10.6 Å². The zero-order valence-corrected chi connectivity index (χ0v) is 10.4. The maximum Gasteiger partial charge on any atom is 0.337 e. The molecule has 0 unspecified atom stereocenters. The summed E-state index contributed by atoms with van der Waals surface area (Å²) in [5.41, 5.74) is 0.178. The van der Waals surface area contributed by atoms with Gasteiger partial charge in [0.15, 0.2) is 0 Å². The molecule has 4 heteroatoms. The van der Waals surface area contributed by atoms with E-state index in [4.69, 9.17) is 16.7 Å². The largest absolute Gasteiger partial charge is 0.478 e. The third-order valence-electron chi connectivity index (χ3n) is 2.78. The van der Waals surface area contributed by atoms with Gasteiger partial charge >= 0.3 is 5.97 Å². The molecule has 0 radical (unpaired) electrons. The predicted molar refractivity (Wildman–Crippen MR) is 66.5 cm³/mol. The summed E-state index contributed by atoms with van der Waals surface area (Å²) >= 11 is 7.72. The Morgan fingerprint density at radius 1 is 1.38 bits per heavy atom. The van der Waals surface area contributed by atoms with Crippen LogP contribution in [0.25, 0.3) is 0 Å². The van der Waals surface area contributed by atoms with Crippen molar-refractivity contribution in [3.05, 3.63) is 28.8 Å². The fraction of sp³-hybridized carbons (Fsp3) is 0.417. The molecule has 1 fully saturated rings. The van der Waals surface area contributed by atoms with E-state index in [1.807, 2.05) is 17.8 Å². The van der Waals surface area contributed by atoms with E-state index < -0.39 is 5.97 Å². The van der Waals surface area contributed by atoms with Gasteiger partial charge in [-0.05, 0) is 31.0 Å². The number of hydrogen-bond acceptors (Lipinski definition) is 2. The summed E-state index contributed by atoms with van der Waals surface area (Å²) in [4.78, 5) is 11.9. The molecule has 1 aromatic carbocycles. The average molecular weight is 257 g/mol. The van der Waals surface area contributed by atoms with Crippen molar-refractivity contribution in [2.24, 2.45) is 0 Å². The first kappa shape index (κ1) is 11.8. The molecule has 1 aliphatic rings. The van der Waals surface area contributed by atoms with E-state index in [1.54, 1.807) is 12.1 Å². The van der Waals surface area contributed by atoms with Crippen LogP contribution in [0.1, 0.15) is 36.0 Å². The third-order valence-corrected chi connectivity index (χ3v) is 4.42. The molecule has 0 atom stereocenters. The lowest BCUT2D eigenvalue weighted by molar-refractivity contribution is 0.0697. The highest BCUT2D eigenvalue weighted by molar-refractivity contribution is 8.00. The Labute approximate surface area is 104 Å². The average Bonchev–Trinajstić information content (AvgIpc) is 2.70. The third kappa shape index (κ3) is 2.71. The fourth-order valence-electron chi connectivity index (χ4n) is 1.94. The van der Waals surface area contributed by atoms with Crippen LogP contribution in [0.2, 0.25) is 5.02 Å². The Kier molecular flexibility index (Phi) is 3.77. The molecular formula is C12H13ClO2S. The van der Waals surface area contributed by atoms with Gasteiger partial charge in [0.1, 0.15) is 0 Å². The lowest BCUT2D eigenvalue weighted by Gasteiger charge is -2.09. The number of rotatable bonds is 3. The minimum atomic E-state index is -0.970. The summed E-state index contributed by atoms with van der Waals surface area (Å²) in [5, 5.41) is 9.85. The molecule has 0 bridgehead atoms. The number of carboxylic acid groups (broad SMARTS) is 1. The van der Waals surface area contributed by atoms with Crippen molar-refractivity contribution in [2.45, 2.75) is 35.8 Å². The summed E-state index contributed by atoms with van der Waals surface area (Å²) in [6, 6.07) is 5.19. The number of carbonyl (C=O) groups is 1. The summed E-state index contributed by atoms with van der Waals surface area (Å²) in [5.74, 6) is -0.970. The van der Waals surface area contributed by atoms with Crippen LogP contribution in [0.15, 0.2) is 23.1 Å². The zero-order chi connectivity index (χ0) is 11.5. The van der Waals surface area contributed by atoms with Crippen molar-refractivity contribution in [1.29, 1.82) is 0 Å². The lowest BCUT2D eigenvalue weighted by atomic mass is 10.2. The van der Waals surface area contributed by atoms with Crippen LogP contribution in [0.5, 0.6) is 0 Å². The molecule has 0 saturated heterocycles. The van der Waals surface area contributed by atoms with Crippen molar-refractivity contribution < 1.29 is 9.90 Å². The number of halogens is 1. The van der Waals surface area contributed by atoms with Crippen LogP contribution in [0.3, 0.4) is 0 Å². The molecule has 1 N–H and O–H groups in total. The molecule has 2 nitrogen and oxygen atoms in total. The summed E-state index contributed by atoms with van der Waals surface area (Å²) < 4.78 is 0. The summed E-state index contributed by atoms with van der Waals surface area (Å²) in [6.45, 7) is 0. The van der Waals surface area contributed by atoms with E-state index >= 15 is 0 Å². The van der Waals surface area contributed by atoms with Crippen LogP contribution in [-0.4, -0.2) is 16.3 Å². The standard InChI is InChI=1S/C12H13ClO2S/c13-11-7-9(5-6-10(11)12(14)15)16-8-3-1-2-4-8/h5-8H,1-4H2,(H,14,15). The second-order valence-electron chi connectivity index (χ2n) is 3.97. The smallest absolute Gasteiger partial charge is 0.337 e. The molecule has 0 heterocycles. The molecule has 2 rings (SSSR count). The monoisotopic (exact) mass is 256 g/mol. The molecule has 1 aromatic rings. The second kappa shape index (κ2) is 5.11. The quantitative estimate of drug-likeness (QED) is 0.886. The Morgan fingerprint density at radius 3 is 2.62 bits per heavy atom.